The number of carbonyl (C=O) groups is 1. The maximum absolute atomic E-state index is 12.4. The van der Waals surface area contributed by atoms with E-state index in [1.54, 1.807) is 36.4 Å². The lowest BCUT2D eigenvalue weighted by atomic mass is 10.0. The van der Waals surface area contributed by atoms with Crippen LogP contribution in [0.1, 0.15) is 29.3 Å². The minimum atomic E-state index is -0.142. The van der Waals surface area contributed by atoms with E-state index in [1.165, 1.54) is 0 Å². The second kappa shape index (κ2) is 6.44. The number of ketones is 1. The Morgan fingerprint density at radius 2 is 2.05 bits per heavy atom. The molecule has 0 aromatic heterocycles. The van der Waals surface area contributed by atoms with Gasteiger partial charge in [-0.25, -0.2) is 0 Å². The topological polar surface area (TPSA) is 52.3 Å². The van der Waals surface area contributed by atoms with Crippen molar-refractivity contribution < 1.29 is 9.53 Å². The van der Waals surface area contributed by atoms with Crippen LogP contribution < -0.4 is 10.5 Å². The summed E-state index contributed by atoms with van der Waals surface area (Å²) < 4.78 is 5.53. The quantitative estimate of drug-likeness (QED) is 0.670. The molecule has 3 nitrogen and oxygen atoms in total. The van der Waals surface area contributed by atoms with E-state index in [0.717, 1.165) is 6.42 Å². The van der Waals surface area contributed by atoms with Crippen LogP contribution in [0, 0.1) is 0 Å². The Bertz CT molecular complexity index is 626. The van der Waals surface area contributed by atoms with Gasteiger partial charge in [-0.3, -0.25) is 4.79 Å². The van der Waals surface area contributed by atoms with Gasteiger partial charge in [0.25, 0.3) is 0 Å². The van der Waals surface area contributed by atoms with Gasteiger partial charge in [0.2, 0.25) is 0 Å². The highest BCUT2D eigenvalue weighted by Gasteiger charge is 2.13. The molecule has 2 aromatic rings. The molecule has 0 saturated carbocycles. The third-order valence-electron chi connectivity index (χ3n) is 2.81. The molecule has 2 aromatic carbocycles. The van der Waals surface area contributed by atoms with Crippen molar-refractivity contribution in [3.05, 3.63) is 58.6 Å². The van der Waals surface area contributed by atoms with Crippen LogP contribution in [-0.2, 0) is 0 Å². The lowest BCUT2D eigenvalue weighted by molar-refractivity contribution is 0.103. The first-order valence-electron chi connectivity index (χ1n) is 6.44. The average molecular weight is 290 g/mol. The van der Waals surface area contributed by atoms with Gasteiger partial charge in [-0.1, -0.05) is 30.7 Å². The monoisotopic (exact) mass is 289 g/mol. The van der Waals surface area contributed by atoms with Gasteiger partial charge >= 0.3 is 0 Å². The fraction of sp³-hybridized carbons (Fsp3) is 0.188. The number of rotatable bonds is 5. The molecule has 0 amide bonds. The van der Waals surface area contributed by atoms with E-state index in [-0.39, 0.29) is 5.78 Å². The van der Waals surface area contributed by atoms with Crippen LogP contribution in [0.15, 0.2) is 42.5 Å². The molecule has 0 aliphatic carbocycles. The first-order chi connectivity index (χ1) is 9.61. The van der Waals surface area contributed by atoms with E-state index < -0.39 is 0 Å². The molecule has 0 fully saturated rings. The third-order valence-corrected chi connectivity index (χ3v) is 3.12. The van der Waals surface area contributed by atoms with Crippen LogP contribution in [0.3, 0.4) is 0 Å². The summed E-state index contributed by atoms with van der Waals surface area (Å²) in [5, 5.41) is 0.356. The van der Waals surface area contributed by atoms with Crippen molar-refractivity contribution in [3.63, 3.8) is 0 Å². The minimum Gasteiger partial charge on any atom is -0.494 e. The summed E-state index contributed by atoms with van der Waals surface area (Å²) in [7, 11) is 0. The van der Waals surface area contributed by atoms with Crippen molar-refractivity contribution >= 4 is 23.1 Å². The van der Waals surface area contributed by atoms with E-state index in [9.17, 15) is 4.79 Å². The zero-order valence-electron chi connectivity index (χ0n) is 11.2. The van der Waals surface area contributed by atoms with Crippen LogP contribution in [0.25, 0.3) is 0 Å². The smallest absolute Gasteiger partial charge is 0.194 e. The van der Waals surface area contributed by atoms with Crippen LogP contribution in [-0.4, -0.2) is 12.4 Å². The second-order valence-electron chi connectivity index (χ2n) is 4.44. The maximum Gasteiger partial charge on any atom is 0.194 e. The molecule has 0 bridgehead atoms. The number of benzene rings is 2. The molecular weight excluding hydrogens is 274 g/mol. The Morgan fingerprint density at radius 3 is 2.75 bits per heavy atom. The number of anilines is 1. The lowest BCUT2D eigenvalue weighted by Crippen LogP contribution is -2.04. The lowest BCUT2D eigenvalue weighted by Gasteiger charge is -2.08. The third kappa shape index (κ3) is 3.31. The van der Waals surface area contributed by atoms with Gasteiger partial charge in [0, 0.05) is 16.8 Å². The van der Waals surface area contributed by atoms with Crippen molar-refractivity contribution in [1.82, 2.24) is 0 Å². The Balaban J connectivity index is 2.28. The van der Waals surface area contributed by atoms with Crippen molar-refractivity contribution in [3.8, 4) is 5.75 Å². The molecule has 0 aliphatic heterocycles. The van der Waals surface area contributed by atoms with Gasteiger partial charge < -0.3 is 10.5 Å². The highest BCUT2D eigenvalue weighted by Crippen LogP contribution is 2.23. The molecule has 104 valence electrons. The van der Waals surface area contributed by atoms with Gasteiger partial charge in [-0.2, -0.15) is 0 Å². The van der Waals surface area contributed by atoms with Crippen LogP contribution in [0.5, 0.6) is 5.75 Å². The van der Waals surface area contributed by atoms with Crippen molar-refractivity contribution in [2.45, 2.75) is 13.3 Å². The van der Waals surface area contributed by atoms with Gasteiger partial charge in [0.1, 0.15) is 5.75 Å². The molecule has 20 heavy (non-hydrogen) atoms. The molecule has 2 N–H and O–H groups in total. The Morgan fingerprint density at radius 1 is 1.25 bits per heavy atom. The van der Waals surface area contributed by atoms with Crippen molar-refractivity contribution in [2.75, 3.05) is 12.3 Å². The zero-order chi connectivity index (χ0) is 14.5. The molecule has 0 atom stereocenters. The van der Waals surface area contributed by atoms with Crippen LogP contribution in [0.4, 0.5) is 5.69 Å². The molecule has 4 heteroatoms. The zero-order valence-corrected chi connectivity index (χ0v) is 12.0. The standard InChI is InChI=1S/C16H16ClNO2/c1-2-8-20-13-5-3-4-11(9-13)16(19)14-7-6-12(18)10-15(14)17/h3-7,9-10H,2,8,18H2,1H3. The molecule has 0 spiro atoms. The Labute approximate surface area is 123 Å². The highest BCUT2D eigenvalue weighted by atomic mass is 35.5. The van der Waals surface area contributed by atoms with E-state index in [0.29, 0.717) is 34.2 Å². The number of hydrogen-bond donors (Lipinski definition) is 1. The molecule has 0 unspecified atom stereocenters. The minimum absolute atomic E-state index is 0.142. The first-order valence-corrected chi connectivity index (χ1v) is 6.82. The molecule has 0 saturated heterocycles. The largest absolute Gasteiger partial charge is 0.494 e. The fourth-order valence-corrected chi connectivity index (χ4v) is 2.09. The van der Waals surface area contributed by atoms with E-state index in [4.69, 9.17) is 22.1 Å². The predicted molar refractivity (Wildman–Crippen MR) is 81.5 cm³/mol. The summed E-state index contributed by atoms with van der Waals surface area (Å²) in [5.74, 6) is 0.543. The number of nitrogens with two attached hydrogens (primary N) is 1. The van der Waals surface area contributed by atoms with E-state index in [1.807, 2.05) is 13.0 Å². The van der Waals surface area contributed by atoms with E-state index >= 15 is 0 Å². The first kappa shape index (κ1) is 14.4. The number of hydrogen-bond acceptors (Lipinski definition) is 3. The van der Waals surface area contributed by atoms with Gasteiger partial charge in [-0.15, -0.1) is 0 Å². The summed E-state index contributed by atoms with van der Waals surface area (Å²) in [5.41, 5.74) is 7.15. The van der Waals surface area contributed by atoms with Gasteiger partial charge in [0.05, 0.1) is 11.6 Å². The molecule has 0 aliphatic rings. The van der Waals surface area contributed by atoms with Crippen LogP contribution in [0.2, 0.25) is 5.02 Å². The molecular formula is C16H16ClNO2. The predicted octanol–water partition coefficient (Wildman–Crippen LogP) is 3.94. The Hall–Kier alpha value is -2.00. The molecule has 2 rings (SSSR count). The Kier molecular flexibility index (Phi) is 4.64. The highest BCUT2D eigenvalue weighted by molar-refractivity contribution is 6.35. The average Bonchev–Trinajstić information content (AvgIpc) is 2.45. The maximum atomic E-state index is 12.4. The SMILES string of the molecule is CCCOc1cccc(C(=O)c2ccc(N)cc2Cl)c1. The summed E-state index contributed by atoms with van der Waals surface area (Å²) in [6, 6.07) is 12.0. The fourth-order valence-electron chi connectivity index (χ4n) is 1.82. The van der Waals surface area contributed by atoms with Gasteiger partial charge in [-0.05, 0) is 36.8 Å². The van der Waals surface area contributed by atoms with E-state index in [2.05, 4.69) is 0 Å². The normalized spacial score (nSPS) is 10.3. The van der Waals surface area contributed by atoms with Crippen molar-refractivity contribution in [2.24, 2.45) is 0 Å². The number of halogens is 1. The summed E-state index contributed by atoms with van der Waals surface area (Å²) >= 11 is 6.07. The summed E-state index contributed by atoms with van der Waals surface area (Å²) in [4.78, 5) is 12.4. The summed E-state index contributed by atoms with van der Waals surface area (Å²) in [6.45, 7) is 2.66. The molecule has 0 radical (unpaired) electrons. The molecule has 0 heterocycles. The number of carbonyl (C=O) groups excluding carboxylic acids is 1. The summed E-state index contributed by atoms with van der Waals surface area (Å²) in [6.07, 6.45) is 0.919. The second-order valence-corrected chi connectivity index (χ2v) is 4.85. The number of ether oxygens (including phenoxy) is 1. The van der Waals surface area contributed by atoms with Gasteiger partial charge in [0.15, 0.2) is 5.78 Å². The number of nitrogen functional groups attached to an aromatic ring is 1. The van der Waals surface area contributed by atoms with Crippen LogP contribution >= 0.6 is 11.6 Å². The van der Waals surface area contributed by atoms with Crippen molar-refractivity contribution in [1.29, 1.82) is 0 Å².